The van der Waals surface area contributed by atoms with Crippen molar-refractivity contribution in [3.63, 3.8) is 0 Å². The van der Waals surface area contributed by atoms with Crippen molar-refractivity contribution in [2.24, 2.45) is 16.2 Å². The van der Waals surface area contributed by atoms with Gasteiger partial charge in [0.1, 0.15) is 0 Å². The summed E-state index contributed by atoms with van der Waals surface area (Å²) in [6.45, 7) is 17.9. The number of aliphatic hydroxyl groups is 9. The molecule has 0 unspecified atom stereocenters. The first-order chi connectivity index (χ1) is 20.7. The molecule has 0 aromatic rings. The first-order valence-corrected chi connectivity index (χ1v) is 13.8. The first-order valence-electron chi connectivity index (χ1n) is 13.8. The molecule has 0 aromatic carbocycles. The van der Waals surface area contributed by atoms with E-state index in [2.05, 4.69) is 19.7 Å². The van der Waals surface area contributed by atoms with Crippen LogP contribution in [0.2, 0.25) is 0 Å². The zero-order chi connectivity index (χ0) is 37.4. The minimum atomic E-state index is -0.935. The molecular formula is C30H60O15. The largest absolute Gasteiger partial charge is 0.478 e. The molecule has 0 saturated heterocycles. The molecule has 0 rings (SSSR count). The summed E-state index contributed by atoms with van der Waals surface area (Å²) in [6, 6.07) is 0. The molecule has 0 fully saturated rings. The lowest BCUT2D eigenvalue weighted by atomic mass is 9.88. The lowest BCUT2D eigenvalue weighted by Gasteiger charge is -2.24. The molecule has 0 aliphatic rings. The lowest BCUT2D eigenvalue weighted by Crippen LogP contribution is -2.32. The lowest BCUT2D eigenvalue weighted by molar-refractivity contribution is -0.133. The van der Waals surface area contributed by atoms with Gasteiger partial charge in [-0.25, -0.2) is 14.4 Å². The van der Waals surface area contributed by atoms with E-state index in [1.54, 1.807) is 0 Å². The molecule has 0 radical (unpaired) electrons. The van der Waals surface area contributed by atoms with Gasteiger partial charge in [-0.3, -0.25) is 0 Å². The van der Waals surface area contributed by atoms with E-state index in [1.165, 1.54) is 20.8 Å². The number of hydrogen-bond acceptors (Lipinski definition) is 12. The quantitative estimate of drug-likeness (QED) is 0.103. The van der Waals surface area contributed by atoms with E-state index in [0.717, 1.165) is 0 Å². The summed E-state index contributed by atoms with van der Waals surface area (Å²) in [4.78, 5) is 28.8. The number of aliphatic hydroxyl groups excluding tert-OH is 9. The molecular weight excluding hydrogens is 600 g/mol. The molecule has 0 spiro atoms. The Morgan fingerprint density at radius 3 is 0.489 bits per heavy atom. The third-order valence-electron chi connectivity index (χ3n) is 6.36. The molecule has 270 valence electrons. The van der Waals surface area contributed by atoms with Gasteiger partial charge < -0.3 is 61.3 Å². The van der Waals surface area contributed by atoms with Gasteiger partial charge in [-0.1, -0.05) is 40.5 Å². The van der Waals surface area contributed by atoms with E-state index in [4.69, 9.17) is 61.3 Å². The summed E-state index contributed by atoms with van der Waals surface area (Å²) in [7, 11) is 0. The minimum absolute atomic E-state index is 0.156. The van der Waals surface area contributed by atoms with Gasteiger partial charge >= 0.3 is 17.9 Å². The number of carboxylic acids is 3. The van der Waals surface area contributed by atoms with E-state index < -0.39 is 34.2 Å². The maximum Gasteiger partial charge on any atom is 0.330 e. The second kappa shape index (κ2) is 32.7. The first kappa shape index (κ1) is 54.7. The average molecular weight is 661 g/mol. The van der Waals surface area contributed by atoms with Crippen LogP contribution in [0.25, 0.3) is 0 Å². The number of aliphatic carboxylic acids is 3. The van der Waals surface area contributed by atoms with Crippen molar-refractivity contribution in [1.82, 2.24) is 0 Å². The van der Waals surface area contributed by atoms with Gasteiger partial charge in [-0.15, -0.1) is 0 Å². The second-order valence-electron chi connectivity index (χ2n) is 10.2. The van der Waals surface area contributed by atoms with Crippen molar-refractivity contribution >= 4 is 17.9 Å². The topological polar surface area (TPSA) is 294 Å². The van der Waals surface area contributed by atoms with Crippen LogP contribution in [0, 0.1) is 16.2 Å². The maximum absolute atomic E-state index is 9.60. The van der Waals surface area contributed by atoms with Crippen LogP contribution in [0.4, 0.5) is 0 Å². The van der Waals surface area contributed by atoms with Crippen LogP contribution >= 0.6 is 0 Å². The van der Waals surface area contributed by atoms with Gasteiger partial charge in [0.15, 0.2) is 0 Å². The van der Waals surface area contributed by atoms with Gasteiger partial charge in [-0.05, 0) is 40.0 Å². The van der Waals surface area contributed by atoms with E-state index in [-0.39, 0.29) is 76.2 Å². The van der Waals surface area contributed by atoms with Crippen molar-refractivity contribution in [3.05, 3.63) is 36.5 Å². The highest BCUT2D eigenvalue weighted by molar-refractivity contribution is 5.85. The Morgan fingerprint density at radius 2 is 0.489 bits per heavy atom. The van der Waals surface area contributed by atoms with Crippen LogP contribution < -0.4 is 0 Å². The van der Waals surface area contributed by atoms with E-state index in [0.29, 0.717) is 19.3 Å². The fourth-order valence-corrected chi connectivity index (χ4v) is 1.46. The van der Waals surface area contributed by atoms with Crippen molar-refractivity contribution < 1.29 is 75.7 Å². The molecule has 0 aromatic heterocycles. The molecule has 15 heteroatoms. The Hall–Kier alpha value is -2.73. The summed E-state index contributed by atoms with van der Waals surface area (Å²) >= 11 is 0. The van der Waals surface area contributed by atoms with Gasteiger partial charge in [0.2, 0.25) is 0 Å². The molecule has 12 N–H and O–H groups in total. The van der Waals surface area contributed by atoms with Crippen molar-refractivity contribution in [1.29, 1.82) is 0 Å². The zero-order valence-corrected chi connectivity index (χ0v) is 27.7. The van der Waals surface area contributed by atoms with E-state index in [9.17, 15) is 14.4 Å². The molecule has 45 heavy (non-hydrogen) atoms. The number of carbonyl (C=O) groups is 3. The summed E-state index contributed by atoms with van der Waals surface area (Å²) in [5.41, 5.74) is -1.47. The SMILES string of the molecule is C=C(C)C(=O)O.C=C(C)C(=O)O.C=C(C)C(=O)O.CCC(CO)(CO)CO.CCC(CO)(CO)CO.CCC(CO)(CO)CO. The molecule has 0 heterocycles. The summed E-state index contributed by atoms with van der Waals surface area (Å²) in [5.74, 6) is -2.81. The summed E-state index contributed by atoms with van der Waals surface area (Å²) < 4.78 is 0. The second-order valence-corrected chi connectivity index (χ2v) is 10.2. The summed E-state index contributed by atoms with van der Waals surface area (Å²) in [5, 5.41) is 102. The van der Waals surface area contributed by atoms with Crippen LogP contribution in [0.3, 0.4) is 0 Å². The predicted molar refractivity (Wildman–Crippen MR) is 169 cm³/mol. The van der Waals surface area contributed by atoms with Crippen LogP contribution in [-0.2, 0) is 14.4 Å². The van der Waals surface area contributed by atoms with Crippen LogP contribution in [0.5, 0.6) is 0 Å². The van der Waals surface area contributed by atoms with E-state index in [1.807, 2.05) is 20.8 Å². The van der Waals surface area contributed by atoms with Crippen LogP contribution in [0.15, 0.2) is 36.5 Å². The monoisotopic (exact) mass is 660 g/mol. The Balaban J connectivity index is -0.000000102. The van der Waals surface area contributed by atoms with Gasteiger partial charge in [0.05, 0.1) is 59.5 Å². The fourth-order valence-electron chi connectivity index (χ4n) is 1.46. The molecule has 0 aliphatic heterocycles. The predicted octanol–water partition coefficient (Wildman–Crippen LogP) is 0.0204. The standard InChI is InChI=1S/3C6H14O3.3C4H6O2/c3*1-2-6(3-7,4-8)5-9;3*1-3(2)4(5)6/h3*7-9H,2-5H2,1H3;3*1H2,2H3,(H,5,6). The maximum atomic E-state index is 9.60. The zero-order valence-electron chi connectivity index (χ0n) is 27.7. The molecule has 0 aliphatic carbocycles. The highest BCUT2D eigenvalue weighted by atomic mass is 16.4. The molecule has 0 amide bonds. The molecule has 0 bridgehead atoms. The van der Waals surface area contributed by atoms with Crippen LogP contribution in [0.1, 0.15) is 60.8 Å². The van der Waals surface area contributed by atoms with Crippen molar-refractivity contribution in [3.8, 4) is 0 Å². The number of carboxylic acid groups (broad SMARTS) is 3. The Kier molecular flexibility index (Phi) is 39.7. The molecule has 0 saturated carbocycles. The van der Waals surface area contributed by atoms with Gasteiger partial charge in [0, 0.05) is 33.0 Å². The fraction of sp³-hybridized carbons (Fsp3) is 0.700. The molecule has 15 nitrogen and oxygen atoms in total. The van der Waals surface area contributed by atoms with Gasteiger partial charge in [-0.2, -0.15) is 0 Å². The normalized spacial score (nSPS) is 10.2. The van der Waals surface area contributed by atoms with E-state index >= 15 is 0 Å². The highest BCUT2D eigenvalue weighted by Crippen LogP contribution is 2.19. The van der Waals surface area contributed by atoms with Crippen molar-refractivity contribution in [2.75, 3.05) is 59.5 Å². The third kappa shape index (κ3) is 31.1. The molecule has 0 atom stereocenters. The Labute approximate surface area is 266 Å². The Morgan fingerprint density at radius 1 is 0.400 bits per heavy atom. The van der Waals surface area contributed by atoms with Crippen LogP contribution in [-0.4, -0.2) is 139 Å². The Bertz CT molecular complexity index is 604. The third-order valence-corrected chi connectivity index (χ3v) is 6.36. The number of hydrogen-bond donors (Lipinski definition) is 12. The minimum Gasteiger partial charge on any atom is -0.478 e. The van der Waals surface area contributed by atoms with Gasteiger partial charge in [0.25, 0.3) is 0 Å². The highest BCUT2D eigenvalue weighted by Gasteiger charge is 2.26. The summed E-state index contributed by atoms with van der Waals surface area (Å²) in [6.07, 6.45) is 1.78. The van der Waals surface area contributed by atoms with Crippen molar-refractivity contribution in [2.45, 2.75) is 60.8 Å². The number of rotatable bonds is 15. The average Bonchev–Trinajstić information content (AvgIpc) is 3.03. The smallest absolute Gasteiger partial charge is 0.330 e.